The Morgan fingerprint density at radius 1 is 1.19 bits per heavy atom. The molecule has 5 nitrogen and oxygen atoms in total. The molecule has 0 spiro atoms. The van der Waals surface area contributed by atoms with Gasteiger partial charge in [0, 0.05) is 12.1 Å². The fourth-order valence-corrected chi connectivity index (χ4v) is 3.47. The summed E-state index contributed by atoms with van der Waals surface area (Å²) >= 11 is 0. The van der Waals surface area contributed by atoms with Crippen LogP contribution in [0.4, 0.5) is 0 Å². The van der Waals surface area contributed by atoms with Crippen molar-refractivity contribution in [2.75, 3.05) is 6.54 Å². The molecule has 0 bridgehead atoms. The van der Waals surface area contributed by atoms with E-state index in [0.717, 1.165) is 30.5 Å². The molecule has 5 heteroatoms. The molecule has 2 unspecified atom stereocenters. The Morgan fingerprint density at radius 3 is 2.89 bits per heavy atom. The van der Waals surface area contributed by atoms with Gasteiger partial charge in [-0.3, -0.25) is 4.79 Å². The summed E-state index contributed by atoms with van der Waals surface area (Å²) in [6.07, 6.45) is 2.05. The molecule has 27 heavy (non-hydrogen) atoms. The van der Waals surface area contributed by atoms with Gasteiger partial charge in [0.2, 0.25) is 0 Å². The normalized spacial score (nSPS) is 19.7. The zero-order valence-electron chi connectivity index (χ0n) is 15.4. The third-order valence-corrected chi connectivity index (χ3v) is 5.07. The van der Waals surface area contributed by atoms with Gasteiger partial charge in [0.15, 0.2) is 5.76 Å². The number of piperidine rings is 1. The lowest BCUT2D eigenvalue weighted by Gasteiger charge is -2.30. The molecular formula is C22H24N2O3. The van der Waals surface area contributed by atoms with Crippen molar-refractivity contribution in [1.29, 1.82) is 0 Å². The van der Waals surface area contributed by atoms with E-state index in [4.69, 9.17) is 9.15 Å². The number of rotatable bonds is 5. The van der Waals surface area contributed by atoms with E-state index >= 15 is 0 Å². The van der Waals surface area contributed by atoms with Gasteiger partial charge in [-0.2, -0.15) is 0 Å². The number of ether oxygens (including phenoxy) is 1. The van der Waals surface area contributed by atoms with Crippen molar-refractivity contribution in [1.82, 2.24) is 10.6 Å². The molecule has 2 aromatic carbocycles. The molecule has 1 fully saturated rings. The predicted octanol–water partition coefficient (Wildman–Crippen LogP) is 3.88. The lowest BCUT2D eigenvalue weighted by molar-refractivity contribution is 0.0887. The highest BCUT2D eigenvalue weighted by Gasteiger charge is 2.24. The van der Waals surface area contributed by atoms with Crippen LogP contribution in [0.15, 0.2) is 59.0 Å². The molecule has 2 heterocycles. The first-order valence-electron chi connectivity index (χ1n) is 9.43. The van der Waals surface area contributed by atoms with Crippen LogP contribution in [0, 0.1) is 0 Å². The van der Waals surface area contributed by atoms with Gasteiger partial charge in [-0.1, -0.05) is 30.3 Å². The maximum atomic E-state index is 12.4. The fourth-order valence-electron chi connectivity index (χ4n) is 3.47. The molecule has 0 saturated carbocycles. The predicted molar refractivity (Wildman–Crippen MR) is 105 cm³/mol. The number of amides is 1. The molecule has 1 amide bonds. The van der Waals surface area contributed by atoms with Crippen LogP contribution in [0.5, 0.6) is 5.75 Å². The standard InChI is InChI=1S/C22H24N2O3/c1-15-20(7-4-12-23-15)24-22(25)21-11-10-19(27-21)14-26-18-9-8-16-5-2-3-6-17(16)13-18/h2-3,5-6,8-11,13,15,20,23H,4,7,12,14H2,1H3,(H,24,25). The SMILES string of the molecule is CC1NCCCC1NC(=O)c1ccc(COc2ccc3ccccc3c2)o1. The van der Waals surface area contributed by atoms with Crippen LogP contribution >= 0.6 is 0 Å². The van der Waals surface area contributed by atoms with E-state index < -0.39 is 0 Å². The topological polar surface area (TPSA) is 63.5 Å². The van der Waals surface area contributed by atoms with Crippen LogP contribution in [0.2, 0.25) is 0 Å². The smallest absolute Gasteiger partial charge is 0.287 e. The monoisotopic (exact) mass is 364 g/mol. The summed E-state index contributed by atoms with van der Waals surface area (Å²) in [7, 11) is 0. The number of hydrogen-bond acceptors (Lipinski definition) is 4. The third kappa shape index (κ3) is 4.14. The van der Waals surface area contributed by atoms with Gasteiger partial charge < -0.3 is 19.8 Å². The van der Waals surface area contributed by atoms with Crippen molar-refractivity contribution < 1.29 is 13.9 Å². The summed E-state index contributed by atoms with van der Waals surface area (Å²) in [4.78, 5) is 12.4. The maximum Gasteiger partial charge on any atom is 0.287 e. The molecule has 2 atom stereocenters. The van der Waals surface area contributed by atoms with Crippen LogP contribution in [0.1, 0.15) is 36.1 Å². The van der Waals surface area contributed by atoms with Gasteiger partial charge in [-0.05, 0) is 61.3 Å². The Bertz CT molecular complexity index is 934. The van der Waals surface area contributed by atoms with Crippen LogP contribution in [0.3, 0.4) is 0 Å². The van der Waals surface area contributed by atoms with Crippen molar-refractivity contribution in [2.45, 2.75) is 38.5 Å². The minimum Gasteiger partial charge on any atom is -0.486 e. The molecule has 1 saturated heterocycles. The zero-order chi connectivity index (χ0) is 18.6. The minimum absolute atomic E-state index is 0.133. The third-order valence-electron chi connectivity index (χ3n) is 5.07. The minimum atomic E-state index is -0.174. The summed E-state index contributed by atoms with van der Waals surface area (Å²) in [5.74, 6) is 1.55. The van der Waals surface area contributed by atoms with Crippen molar-refractivity contribution in [2.24, 2.45) is 0 Å². The van der Waals surface area contributed by atoms with Crippen molar-refractivity contribution >= 4 is 16.7 Å². The number of nitrogens with one attached hydrogen (secondary N) is 2. The van der Waals surface area contributed by atoms with Crippen LogP contribution < -0.4 is 15.4 Å². The molecule has 2 N–H and O–H groups in total. The van der Waals surface area contributed by atoms with Crippen LogP contribution in [0.25, 0.3) is 10.8 Å². The van der Waals surface area contributed by atoms with E-state index in [-0.39, 0.29) is 24.6 Å². The molecule has 4 rings (SSSR count). The van der Waals surface area contributed by atoms with Gasteiger partial charge in [-0.15, -0.1) is 0 Å². The Balaban J connectivity index is 1.36. The molecule has 1 aliphatic heterocycles. The second kappa shape index (κ2) is 7.84. The van der Waals surface area contributed by atoms with Crippen LogP contribution in [-0.4, -0.2) is 24.5 Å². The molecule has 0 aliphatic carbocycles. The van der Waals surface area contributed by atoms with Gasteiger partial charge in [0.25, 0.3) is 5.91 Å². The van der Waals surface area contributed by atoms with E-state index in [1.54, 1.807) is 12.1 Å². The number of carbonyl (C=O) groups is 1. The second-order valence-electron chi connectivity index (χ2n) is 7.03. The first kappa shape index (κ1) is 17.6. The Kier molecular flexibility index (Phi) is 5.12. The molecule has 1 aliphatic rings. The maximum absolute atomic E-state index is 12.4. The average Bonchev–Trinajstić information content (AvgIpc) is 3.17. The van der Waals surface area contributed by atoms with E-state index in [1.165, 1.54) is 5.39 Å². The number of benzene rings is 2. The lowest BCUT2D eigenvalue weighted by Crippen LogP contribution is -2.51. The number of furan rings is 1. The largest absolute Gasteiger partial charge is 0.486 e. The second-order valence-corrected chi connectivity index (χ2v) is 7.03. The summed E-state index contributed by atoms with van der Waals surface area (Å²) in [5, 5.41) is 8.74. The Labute approximate surface area is 158 Å². The van der Waals surface area contributed by atoms with Crippen molar-refractivity contribution in [3.63, 3.8) is 0 Å². The van der Waals surface area contributed by atoms with Gasteiger partial charge in [0.1, 0.15) is 18.1 Å². The molecular weight excluding hydrogens is 340 g/mol. The quantitative estimate of drug-likeness (QED) is 0.721. The highest BCUT2D eigenvalue weighted by Crippen LogP contribution is 2.22. The van der Waals surface area contributed by atoms with Gasteiger partial charge in [0.05, 0.1) is 0 Å². The molecule has 3 aromatic rings. The number of hydrogen-bond donors (Lipinski definition) is 2. The molecule has 0 radical (unpaired) electrons. The summed E-state index contributed by atoms with van der Waals surface area (Å²) < 4.78 is 11.5. The Hall–Kier alpha value is -2.79. The van der Waals surface area contributed by atoms with E-state index in [0.29, 0.717) is 11.5 Å². The summed E-state index contributed by atoms with van der Waals surface area (Å²) in [5.41, 5.74) is 0. The number of carbonyl (C=O) groups excluding carboxylic acids is 1. The van der Waals surface area contributed by atoms with Gasteiger partial charge >= 0.3 is 0 Å². The first-order chi connectivity index (χ1) is 13.2. The molecule has 140 valence electrons. The van der Waals surface area contributed by atoms with E-state index in [1.807, 2.05) is 30.3 Å². The van der Waals surface area contributed by atoms with Crippen molar-refractivity contribution in [3.05, 3.63) is 66.1 Å². The van der Waals surface area contributed by atoms with Crippen molar-refractivity contribution in [3.8, 4) is 5.75 Å². The van der Waals surface area contributed by atoms with E-state index in [2.05, 4.69) is 29.7 Å². The summed E-state index contributed by atoms with van der Waals surface area (Å²) in [6.45, 7) is 3.38. The number of fused-ring (bicyclic) bond motifs is 1. The first-order valence-corrected chi connectivity index (χ1v) is 9.43. The van der Waals surface area contributed by atoms with Crippen LogP contribution in [-0.2, 0) is 6.61 Å². The zero-order valence-corrected chi connectivity index (χ0v) is 15.4. The average molecular weight is 364 g/mol. The summed E-state index contributed by atoms with van der Waals surface area (Å²) in [6, 6.07) is 18.0. The Morgan fingerprint density at radius 2 is 2.04 bits per heavy atom. The van der Waals surface area contributed by atoms with Gasteiger partial charge in [-0.25, -0.2) is 0 Å². The van der Waals surface area contributed by atoms with E-state index in [9.17, 15) is 4.79 Å². The fraction of sp³-hybridized carbons (Fsp3) is 0.318. The molecule has 1 aromatic heterocycles. The lowest BCUT2D eigenvalue weighted by atomic mass is 10.00. The highest BCUT2D eigenvalue weighted by molar-refractivity contribution is 5.91. The highest BCUT2D eigenvalue weighted by atomic mass is 16.5.